The first-order valence-corrected chi connectivity index (χ1v) is 3.71. The fourth-order valence-electron chi connectivity index (χ4n) is 1.03. The average Bonchev–Trinajstić information content (AvgIpc) is 2.49. The Hall–Kier alpha value is -1.24. The summed E-state index contributed by atoms with van der Waals surface area (Å²) in [6, 6.07) is 5.24. The van der Waals surface area contributed by atoms with E-state index in [1.54, 1.807) is 12.1 Å². The largest absolute Gasteiger partial charge is 0.337 e. The van der Waals surface area contributed by atoms with Gasteiger partial charge >= 0.3 is 0 Å². The molecule has 1 heterocycles. The predicted molar refractivity (Wildman–Crippen MR) is 41.6 cm³/mol. The molecule has 0 amide bonds. The van der Waals surface area contributed by atoms with Gasteiger partial charge in [0.05, 0.1) is 10.6 Å². The second kappa shape index (κ2) is 2.67. The zero-order valence-corrected chi connectivity index (χ0v) is 6.76. The number of fused-ring (bicyclic) bond motifs is 1. The highest BCUT2D eigenvalue weighted by Gasteiger charge is 2.16. The van der Waals surface area contributed by atoms with Crippen LogP contribution in [-0.2, 0) is 11.5 Å². The molecular weight excluding hydrogens is 178 g/mol. The molecule has 0 aromatic heterocycles. The Balaban J connectivity index is 2.59. The van der Waals surface area contributed by atoms with Crippen LogP contribution >= 0.6 is 11.6 Å². The SMILES string of the molecule is N#Cc1cc2c(cc1Cl)OOC2. The molecule has 4 heteroatoms. The van der Waals surface area contributed by atoms with Crippen LogP contribution in [0.3, 0.4) is 0 Å². The molecule has 0 radical (unpaired) electrons. The summed E-state index contributed by atoms with van der Waals surface area (Å²) in [5, 5.41) is 9.02. The molecule has 0 saturated heterocycles. The highest BCUT2D eigenvalue weighted by molar-refractivity contribution is 6.31. The Kier molecular flexibility index (Phi) is 1.65. The average molecular weight is 182 g/mol. The molecule has 1 aromatic carbocycles. The van der Waals surface area contributed by atoms with Gasteiger partial charge < -0.3 is 4.89 Å². The third-order valence-electron chi connectivity index (χ3n) is 1.63. The molecule has 1 aromatic rings. The molecule has 0 spiro atoms. The summed E-state index contributed by atoms with van der Waals surface area (Å²) in [6.07, 6.45) is 0. The van der Waals surface area contributed by atoms with Crippen LogP contribution < -0.4 is 4.89 Å². The van der Waals surface area contributed by atoms with Gasteiger partial charge in [-0.25, -0.2) is 0 Å². The van der Waals surface area contributed by atoms with Crippen LogP contribution in [0.2, 0.25) is 5.02 Å². The van der Waals surface area contributed by atoms with Gasteiger partial charge in [0.25, 0.3) is 0 Å². The van der Waals surface area contributed by atoms with Crippen LogP contribution in [-0.4, -0.2) is 0 Å². The Labute approximate surface area is 74.0 Å². The van der Waals surface area contributed by atoms with Gasteiger partial charge in [-0.1, -0.05) is 11.6 Å². The van der Waals surface area contributed by atoms with Crippen molar-refractivity contribution >= 4 is 11.6 Å². The van der Waals surface area contributed by atoms with E-state index in [1.807, 2.05) is 6.07 Å². The highest BCUT2D eigenvalue weighted by Crippen LogP contribution is 2.31. The number of benzene rings is 1. The van der Waals surface area contributed by atoms with Crippen molar-refractivity contribution in [2.24, 2.45) is 0 Å². The van der Waals surface area contributed by atoms with Gasteiger partial charge in [-0.2, -0.15) is 10.1 Å². The van der Waals surface area contributed by atoms with Crippen LogP contribution in [0.15, 0.2) is 12.1 Å². The summed E-state index contributed by atoms with van der Waals surface area (Å²) in [7, 11) is 0. The minimum Gasteiger partial charge on any atom is -0.337 e. The number of halogens is 1. The maximum atomic E-state index is 8.63. The van der Waals surface area contributed by atoms with Crippen molar-refractivity contribution in [2.45, 2.75) is 6.61 Å². The molecule has 12 heavy (non-hydrogen) atoms. The smallest absolute Gasteiger partial charge is 0.172 e. The van der Waals surface area contributed by atoms with E-state index in [0.29, 0.717) is 22.9 Å². The second-order valence-electron chi connectivity index (χ2n) is 2.40. The highest BCUT2D eigenvalue weighted by atomic mass is 35.5. The Morgan fingerprint density at radius 1 is 1.50 bits per heavy atom. The topological polar surface area (TPSA) is 42.2 Å². The third-order valence-corrected chi connectivity index (χ3v) is 1.95. The molecule has 2 rings (SSSR count). The monoisotopic (exact) mass is 181 g/mol. The van der Waals surface area contributed by atoms with Crippen molar-refractivity contribution in [2.75, 3.05) is 0 Å². The van der Waals surface area contributed by atoms with E-state index in [2.05, 4.69) is 0 Å². The summed E-state index contributed by atoms with van der Waals surface area (Å²) in [5.74, 6) is 0.596. The summed E-state index contributed by atoms with van der Waals surface area (Å²) >= 11 is 5.75. The fraction of sp³-hybridized carbons (Fsp3) is 0.125. The molecule has 0 aliphatic carbocycles. The van der Waals surface area contributed by atoms with Gasteiger partial charge in [0.15, 0.2) is 5.75 Å². The lowest BCUT2D eigenvalue weighted by Crippen LogP contribution is -1.82. The molecule has 0 bridgehead atoms. The molecule has 0 N–H and O–H groups in total. The van der Waals surface area contributed by atoms with Crippen LogP contribution in [0.4, 0.5) is 0 Å². The number of nitrogens with zero attached hydrogens (tertiary/aromatic N) is 1. The Morgan fingerprint density at radius 3 is 3.08 bits per heavy atom. The van der Waals surface area contributed by atoms with Crippen LogP contribution in [0.5, 0.6) is 5.75 Å². The van der Waals surface area contributed by atoms with Crippen molar-refractivity contribution in [3.63, 3.8) is 0 Å². The van der Waals surface area contributed by atoms with Crippen molar-refractivity contribution < 1.29 is 9.78 Å². The normalized spacial score (nSPS) is 13.3. The molecule has 0 atom stereocenters. The molecule has 0 unspecified atom stereocenters. The van der Waals surface area contributed by atoms with Gasteiger partial charge in [-0.3, -0.25) is 0 Å². The van der Waals surface area contributed by atoms with Crippen molar-refractivity contribution in [3.05, 3.63) is 28.3 Å². The van der Waals surface area contributed by atoms with E-state index >= 15 is 0 Å². The van der Waals surface area contributed by atoms with E-state index in [1.165, 1.54) is 0 Å². The zero-order chi connectivity index (χ0) is 8.55. The summed E-state index contributed by atoms with van der Waals surface area (Å²) < 4.78 is 0. The lowest BCUT2D eigenvalue weighted by Gasteiger charge is -1.96. The first kappa shape index (κ1) is 7.41. The van der Waals surface area contributed by atoms with E-state index in [0.717, 1.165) is 5.56 Å². The number of hydrogen-bond acceptors (Lipinski definition) is 3. The molecule has 3 nitrogen and oxygen atoms in total. The van der Waals surface area contributed by atoms with E-state index in [9.17, 15) is 0 Å². The lowest BCUT2D eigenvalue weighted by atomic mass is 10.1. The summed E-state index contributed by atoms with van der Waals surface area (Å²) in [4.78, 5) is 9.49. The van der Waals surface area contributed by atoms with Gasteiger partial charge in [-0.15, -0.1) is 0 Å². The van der Waals surface area contributed by atoms with Crippen molar-refractivity contribution in [1.82, 2.24) is 0 Å². The van der Waals surface area contributed by atoms with Gasteiger partial charge in [0, 0.05) is 11.6 Å². The predicted octanol–water partition coefficient (Wildman–Crippen LogP) is 2.04. The maximum Gasteiger partial charge on any atom is 0.172 e. The zero-order valence-electron chi connectivity index (χ0n) is 6.00. The molecule has 1 aliphatic rings. The van der Waals surface area contributed by atoms with E-state index in [-0.39, 0.29) is 0 Å². The first-order valence-electron chi connectivity index (χ1n) is 3.33. The molecule has 1 aliphatic heterocycles. The van der Waals surface area contributed by atoms with Crippen LogP contribution in [0.1, 0.15) is 11.1 Å². The Morgan fingerprint density at radius 2 is 2.33 bits per heavy atom. The van der Waals surface area contributed by atoms with Crippen LogP contribution in [0.25, 0.3) is 0 Å². The quantitative estimate of drug-likeness (QED) is 0.575. The summed E-state index contributed by atoms with van der Waals surface area (Å²) in [6.45, 7) is 0.376. The van der Waals surface area contributed by atoms with Crippen molar-refractivity contribution in [1.29, 1.82) is 5.26 Å². The molecular formula is C8H4ClNO2. The number of nitriles is 1. The molecule has 0 fully saturated rings. The second-order valence-corrected chi connectivity index (χ2v) is 2.80. The summed E-state index contributed by atoms with van der Waals surface area (Å²) in [5.41, 5.74) is 1.31. The number of hydrogen-bond donors (Lipinski definition) is 0. The minimum absolute atomic E-state index is 0.376. The van der Waals surface area contributed by atoms with Crippen molar-refractivity contribution in [3.8, 4) is 11.8 Å². The van der Waals surface area contributed by atoms with Gasteiger partial charge in [0.1, 0.15) is 12.7 Å². The third kappa shape index (κ3) is 1.02. The van der Waals surface area contributed by atoms with Gasteiger partial charge in [0.2, 0.25) is 0 Å². The maximum absolute atomic E-state index is 8.63. The fourth-order valence-corrected chi connectivity index (χ4v) is 1.23. The molecule has 0 saturated carbocycles. The molecule has 60 valence electrons. The van der Waals surface area contributed by atoms with Crippen LogP contribution in [0, 0.1) is 11.3 Å². The first-order chi connectivity index (χ1) is 5.81. The lowest BCUT2D eigenvalue weighted by molar-refractivity contribution is -0.194. The van der Waals surface area contributed by atoms with E-state index < -0.39 is 0 Å². The van der Waals surface area contributed by atoms with Gasteiger partial charge in [-0.05, 0) is 6.07 Å². The standard InChI is InChI=1S/C8H4ClNO2/c9-7-2-8-6(4-11-12-8)1-5(7)3-10/h1-2H,4H2. The minimum atomic E-state index is 0.376. The number of rotatable bonds is 0. The van der Waals surface area contributed by atoms with E-state index in [4.69, 9.17) is 26.6 Å². The Bertz CT molecular complexity index is 369.